The monoisotopic (exact) mass is 268 g/mol. The van der Waals surface area contributed by atoms with E-state index < -0.39 is 0 Å². The van der Waals surface area contributed by atoms with Crippen molar-refractivity contribution < 1.29 is 9.13 Å². The summed E-state index contributed by atoms with van der Waals surface area (Å²) in [7, 11) is 3.67. The first-order valence-corrected chi connectivity index (χ1v) is 6.58. The molecule has 0 spiro atoms. The van der Waals surface area contributed by atoms with Crippen molar-refractivity contribution in [3.63, 3.8) is 0 Å². The van der Waals surface area contributed by atoms with Gasteiger partial charge < -0.3 is 10.5 Å². The molecule has 2 N–H and O–H groups in total. The fourth-order valence-electron chi connectivity index (χ4n) is 2.09. The minimum atomic E-state index is -0.229. The molecule has 1 aromatic rings. The van der Waals surface area contributed by atoms with Crippen molar-refractivity contribution in [2.45, 2.75) is 38.5 Å². The molecule has 0 fully saturated rings. The number of halogens is 1. The summed E-state index contributed by atoms with van der Waals surface area (Å²) in [4.78, 5) is 2.08. The van der Waals surface area contributed by atoms with Gasteiger partial charge in [-0.05, 0) is 33.4 Å². The van der Waals surface area contributed by atoms with Gasteiger partial charge in [0.05, 0.1) is 5.60 Å². The number of methoxy groups -OCH3 is 1. The maximum absolute atomic E-state index is 13.6. The highest BCUT2D eigenvalue weighted by Gasteiger charge is 2.25. The first-order valence-electron chi connectivity index (χ1n) is 6.58. The van der Waals surface area contributed by atoms with Crippen LogP contribution in [0, 0.1) is 5.82 Å². The van der Waals surface area contributed by atoms with Crippen molar-refractivity contribution in [3.8, 4) is 0 Å². The predicted molar refractivity (Wildman–Crippen MR) is 76.4 cm³/mol. The third-order valence-corrected chi connectivity index (χ3v) is 3.55. The van der Waals surface area contributed by atoms with E-state index in [2.05, 4.69) is 4.90 Å². The Kier molecular flexibility index (Phi) is 5.91. The van der Waals surface area contributed by atoms with E-state index in [9.17, 15) is 4.39 Å². The third-order valence-electron chi connectivity index (χ3n) is 3.55. The Bertz CT molecular complexity index is 395. The zero-order valence-corrected chi connectivity index (χ0v) is 12.3. The largest absolute Gasteiger partial charge is 0.379 e. The minimum Gasteiger partial charge on any atom is -0.379 e. The van der Waals surface area contributed by atoms with Crippen molar-refractivity contribution in [1.29, 1.82) is 0 Å². The molecule has 0 heterocycles. The second-order valence-corrected chi connectivity index (χ2v) is 5.56. The second-order valence-electron chi connectivity index (χ2n) is 5.56. The summed E-state index contributed by atoms with van der Waals surface area (Å²) >= 11 is 0. The van der Waals surface area contributed by atoms with Crippen LogP contribution in [0.1, 0.15) is 25.8 Å². The maximum Gasteiger partial charge on any atom is 0.127 e. The Balaban J connectivity index is 2.69. The van der Waals surface area contributed by atoms with Gasteiger partial charge in [0.2, 0.25) is 0 Å². The van der Waals surface area contributed by atoms with Crippen LogP contribution in [0.3, 0.4) is 0 Å². The molecule has 0 radical (unpaired) electrons. The molecule has 0 aliphatic carbocycles. The summed E-state index contributed by atoms with van der Waals surface area (Å²) in [5, 5.41) is 0. The molecule has 0 aliphatic heterocycles. The highest BCUT2D eigenvalue weighted by molar-refractivity contribution is 5.17. The van der Waals surface area contributed by atoms with E-state index in [0.717, 1.165) is 6.42 Å². The average Bonchev–Trinajstić information content (AvgIpc) is 2.38. The quantitative estimate of drug-likeness (QED) is 0.825. The van der Waals surface area contributed by atoms with E-state index in [0.29, 0.717) is 18.7 Å². The number of hydrogen-bond donors (Lipinski definition) is 1. The SMILES string of the molecule is COC(C)(C)CC(CN)N(C)Cc1ccccc1F. The van der Waals surface area contributed by atoms with E-state index in [4.69, 9.17) is 10.5 Å². The smallest absolute Gasteiger partial charge is 0.127 e. The minimum absolute atomic E-state index is 0.162. The zero-order chi connectivity index (χ0) is 14.5. The maximum atomic E-state index is 13.6. The Morgan fingerprint density at radius 1 is 1.37 bits per heavy atom. The van der Waals surface area contributed by atoms with Gasteiger partial charge in [-0.1, -0.05) is 18.2 Å². The number of benzene rings is 1. The van der Waals surface area contributed by atoms with Crippen LogP contribution >= 0.6 is 0 Å². The lowest BCUT2D eigenvalue weighted by Gasteiger charge is -2.33. The van der Waals surface area contributed by atoms with Gasteiger partial charge in [0.15, 0.2) is 0 Å². The van der Waals surface area contributed by atoms with Crippen molar-refractivity contribution in [3.05, 3.63) is 35.6 Å². The van der Waals surface area contributed by atoms with Gasteiger partial charge in [0.25, 0.3) is 0 Å². The first kappa shape index (κ1) is 16.1. The van der Waals surface area contributed by atoms with Crippen LogP contribution in [0.25, 0.3) is 0 Å². The molecule has 19 heavy (non-hydrogen) atoms. The summed E-state index contributed by atoms with van der Waals surface area (Å²) in [6.45, 7) is 5.14. The topological polar surface area (TPSA) is 38.5 Å². The van der Waals surface area contributed by atoms with E-state index in [1.807, 2.05) is 27.0 Å². The standard InChI is InChI=1S/C15H25FN2O/c1-15(2,19-4)9-13(10-17)18(3)11-12-7-5-6-8-14(12)16/h5-8,13H,9-11,17H2,1-4H3. The molecule has 1 atom stereocenters. The Labute approximate surface area is 115 Å². The fourth-order valence-corrected chi connectivity index (χ4v) is 2.09. The summed E-state index contributed by atoms with van der Waals surface area (Å²) in [6.07, 6.45) is 0.810. The number of ether oxygens (including phenoxy) is 1. The number of nitrogens with zero attached hydrogens (tertiary/aromatic N) is 1. The van der Waals surface area contributed by atoms with Gasteiger partial charge in [-0.2, -0.15) is 0 Å². The van der Waals surface area contributed by atoms with Gasteiger partial charge in [-0.25, -0.2) is 4.39 Å². The lowest BCUT2D eigenvalue weighted by molar-refractivity contribution is -0.00547. The lowest BCUT2D eigenvalue weighted by atomic mass is 9.97. The molecule has 3 nitrogen and oxygen atoms in total. The fraction of sp³-hybridized carbons (Fsp3) is 0.600. The molecular formula is C15H25FN2O. The van der Waals surface area contributed by atoms with Crippen LogP contribution < -0.4 is 5.73 Å². The third kappa shape index (κ3) is 4.90. The second kappa shape index (κ2) is 6.98. The Hall–Kier alpha value is -0.970. The van der Waals surface area contributed by atoms with E-state index in [-0.39, 0.29) is 17.5 Å². The van der Waals surface area contributed by atoms with Crippen molar-refractivity contribution >= 4 is 0 Å². The molecule has 4 heteroatoms. The highest BCUT2D eigenvalue weighted by atomic mass is 19.1. The molecule has 1 aromatic carbocycles. The van der Waals surface area contributed by atoms with E-state index in [1.54, 1.807) is 19.2 Å². The summed E-state index contributed by atoms with van der Waals surface area (Å²) < 4.78 is 19.1. The van der Waals surface area contributed by atoms with Gasteiger partial charge in [0.1, 0.15) is 5.82 Å². The summed E-state index contributed by atoms with van der Waals surface area (Å²) in [6, 6.07) is 7.01. The van der Waals surface area contributed by atoms with Crippen molar-refractivity contribution in [1.82, 2.24) is 4.90 Å². The summed E-state index contributed by atoms with van der Waals surface area (Å²) in [5.74, 6) is -0.170. The molecule has 0 saturated carbocycles. The first-order chi connectivity index (χ1) is 8.89. The van der Waals surface area contributed by atoms with Crippen LogP contribution in [0.2, 0.25) is 0 Å². The molecular weight excluding hydrogens is 243 g/mol. The number of nitrogens with two attached hydrogens (primary N) is 1. The van der Waals surface area contributed by atoms with Crippen LogP contribution in [0.15, 0.2) is 24.3 Å². The van der Waals surface area contributed by atoms with Gasteiger partial charge in [-0.3, -0.25) is 4.90 Å². The summed E-state index contributed by atoms with van der Waals surface area (Å²) in [5.41, 5.74) is 6.30. The number of rotatable bonds is 7. The van der Waals surface area contributed by atoms with Crippen LogP contribution in [-0.2, 0) is 11.3 Å². The zero-order valence-electron chi connectivity index (χ0n) is 12.3. The molecule has 0 saturated heterocycles. The van der Waals surface area contributed by atoms with Crippen molar-refractivity contribution in [2.24, 2.45) is 5.73 Å². The number of likely N-dealkylation sites (N-methyl/N-ethyl adjacent to an activating group) is 1. The van der Waals surface area contributed by atoms with E-state index >= 15 is 0 Å². The van der Waals surface area contributed by atoms with Gasteiger partial charge in [0, 0.05) is 31.8 Å². The van der Waals surface area contributed by atoms with Gasteiger partial charge in [-0.15, -0.1) is 0 Å². The number of hydrogen-bond acceptors (Lipinski definition) is 3. The Morgan fingerprint density at radius 2 is 2.00 bits per heavy atom. The van der Waals surface area contributed by atoms with Gasteiger partial charge >= 0.3 is 0 Å². The Morgan fingerprint density at radius 3 is 2.53 bits per heavy atom. The van der Waals surface area contributed by atoms with Crippen LogP contribution in [0.4, 0.5) is 4.39 Å². The molecule has 0 aliphatic rings. The molecule has 108 valence electrons. The highest BCUT2D eigenvalue weighted by Crippen LogP contribution is 2.20. The van der Waals surface area contributed by atoms with Crippen LogP contribution in [-0.4, -0.2) is 37.2 Å². The van der Waals surface area contributed by atoms with Crippen LogP contribution in [0.5, 0.6) is 0 Å². The molecule has 0 bridgehead atoms. The lowest BCUT2D eigenvalue weighted by Crippen LogP contribution is -2.43. The average molecular weight is 268 g/mol. The predicted octanol–water partition coefficient (Wildman–Crippen LogP) is 2.40. The molecule has 1 unspecified atom stereocenters. The molecule has 0 aromatic heterocycles. The molecule has 0 amide bonds. The molecule has 1 rings (SSSR count). The van der Waals surface area contributed by atoms with Crippen molar-refractivity contribution in [2.75, 3.05) is 20.7 Å². The normalized spacial score (nSPS) is 13.8. The van der Waals surface area contributed by atoms with E-state index in [1.165, 1.54) is 6.07 Å².